The van der Waals surface area contributed by atoms with Gasteiger partial charge >= 0.3 is 0 Å². The van der Waals surface area contributed by atoms with Crippen molar-refractivity contribution in [2.45, 2.75) is 341 Å². The van der Waals surface area contributed by atoms with Crippen LogP contribution in [0.4, 0.5) is 0 Å². The quantitative estimate of drug-likeness (QED) is 0.120. The van der Waals surface area contributed by atoms with Crippen LogP contribution in [-0.2, 0) is 0 Å². The first-order chi connectivity index (χ1) is 31.4. The van der Waals surface area contributed by atoms with E-state index < -0.39 is 0 Å². The van der Waals surface area contributed by atoms with Crippen molar-refractivity contribution in [3.8, 4) is 0 Å². The van der Waals surface area contributed by atoms with Gasteiger partial charge in [-0.1, -0.05) is 267 Å². The third-order valence-corrected chi connectivity index (χ3v) is 12.6. The molecule has 0 heteroatoms. The predicted octanol–water partition coefficient (Wildman–Crippen LogP) is 26.7. The molecule has 0 rings (SSSR count). The molecule has 0 amide bonds. The molecule has 73 heavy (non-hydrogen) atoms. The SMILES string of the molecule is C/C=C(\C)CC(C)(C)CC(C)(C)C.C=C(C)CC(C)(C)CC(C)(C)C.C=C(CC(C)(C)CC(C)(C)C)CC(C)(C)CC(C)(C)C.CC(C)=C(C)C(C)CC(C)(C)CC(C)(C)C.CC(C)=CC(C)(C)CC(C)(C)C. The van der Waals surface area contributed by atoms with Crippen molar-refractivity contribution in [2.24, 2.45) is 70.9 Å². The van der Waals surface area contributed by atoms with E-state index in [9.17, 15) is 0 Å². The maximum Gasteiger partial charge on any atom is -0.0167 e. The fourth-order valence-corrected chi connectivity index (χ4v) is 14.3. The number of rotatable bonds is 18. The van der Waals surface area contributed by atoms with Crippen molar-refractivity contribution in [1.29, 1.82) is 0 Å². The lowest BCUT2D eigenvalue weighted by atomic mass is 9.69. The molecule has 1 atom stereocenters. The molecule has 438 valence electrons. The van der Waals surface area contributed by atoms with Gasteiger partial charge in [-0.3, -0.25) is 0 Å². The highest BCUT2D eigenvalue weighted by molar-refractivity contribution is 5.10. The largest absolute Gasteiger partial charge is 0.100 e. The molecule has 0 N–H and O–H groups in total. The van der Waals surface area contributed by atoms with Gasteiger partial charge in [0.15, 0.2) is 0 Å². The zero-order valence-corrected chi connectivity index (χ0v) is 58.9. The monoisotopic (exact) mass is 1020 g/mol. The molecule has 1 unspecified atom stereocenters. The van der Waals surface area contributed by atoms with E-state index in [0.717, 1.165) is 19.3 Å². The Kier molecular flexibility index (Phi) is 34.6. The van der Waals surface area contributed by atoms with Crippen LogP contribution in [-0.4, -0.2) is 0 Å². The first-order valence-electron chi connectivity index (χ1n) is 29.6. The first-order valence-corrected chi connectivity index (χ1v) is 29.6. The number of allylic oxidation sites excluding steroid dienone is 8. The molecule has 0 aromatic heterocycles. The fourth-order valence-electron chi connectivity index (χ4n) is 14.3. The summed E-state index contributed by atoms with van der Waals surface area (Å²) < 4.78 is 0. The molecule has 0 spiro atoms. The second kappa shape index (κ2) is 31.3. The molecule has 0 aromatic carbocycles. The van der Waals surface area contributed by atoms with Gasteiger partial charge in [-0.25, -0.2) is 0 Å². The minimum atomic E-state index is 0.344. The summed E-state index contributed by atoms with van der Waals surface area (Å²) in [4.78, 5) is 0. The Morgan fingerprint density at radius 1 is 0.370 bits per heavy atom. The van der Waals surface area contributed by atoms with Gasteiger partial charge in [0.05, 0.1) is 0 Å². The van der Waals surface area contributed by atoms with Crippen molar-refractivity contribution in [2.75, 3.05) is 0 Å². The van der Waals surface area contributed by atoms with Crippen LogP contribution in [0, 0.1) is 70.9 Å². The van der Waals surface area contributed by atoms with Crippen molar-refractivity contribution in [1.82, 2.24) is 0 Å². The van der Waals surface area contributed by atoms with E-state index >= 15 is 0 Å². The van der Waals surface area contributed by atoms with Crippen LogP contribution in [0.25, 0.3) is 0 Å². The van der Waals surface area contributed by atoms with Gasteiger partial charge in [-0.15, -0.1) is 6.58 Å². The van der Waals surface area contributed by atoms with Gasteiger partial charge in [-0.2, -0.15) is 0 Å². The number of hydrogen-bond acceptors (Lipinski definition) is 0. The molecule has 0 nitrogen and oxygen atoms in total. The topological polar surface area (TPSA) is 0 Å². The van der Waals surface area contributed by atoms with Crippen LogP contribution in [0.3, 0.4) is 0 Å². The van der Waals surface area contributed by atoms with Gasteiger partial charge in [-0.05, 0) is 197 Å². The Hall–Kier alpha value is -1.30. The summed E-state index contributed by atoms with van der Waals surface area (Å²) in [6.45, 7) is 98.4. The summed E-state index contributed by atoms with van der Waals surface area (Å²) in [5.74, 6) is 0.711. The molecular formula is C73H146. The maximum atomic E-state index is 4.39. The molecule has 0 bridgehead atoms. The van der Waals surface area contributed by atoms with Crippen molar-refractivity contribution >= 4 is 0 Å². The van der Waals surface area contributed by atoms with Crippen LogP contribution in [0.1, 0.15) is 341 Å². The Bertz CT molecular complexity index is 1590. The molecule has 0 aliphatic carbocycles. The fraction of sp³-hybridized carbons (Fsp3) is 0.863. The van der Waals surface area contributed by atoms with E-state index in [0.29, 0.717) is 70.9 Å². The molecule has 0 aromatic rings. The van der Waals surface area contributed by atoms with Gasteiger partial charge in [0.25, 0.3) is 0 Å². The van der Waals surface area contributed by atoms with E-state index in [1.807, 2.05) is 0 Å². The molecule has 0 radical (unpaired) electrons. The lowest BCUT2D eigenvalue weighted by Crippen LogP contribution is -2.24. The standard InChI is InChI=1S/C20H40.C16H32.C13H26.2C12H24/c1-16(12-19(8,9)14-17(2,3)4)13-20(10,11)15-18(5,6)7;1-12(2)14(4)13(3)10-16(8,9)11-15(5,6)7;1-8-11(2)9-13(6,7)10-12(3,4)5;2*1-10(2)8-12(6,7)9-11(3,4)5/h1,12-15H2,2-11H3;13H,10-11H2,1-9H3;8H,9-10H2,1-7H3;8H,9H2,1-7H3;1,8-9H2,2-7H3/b;;11-8+;;. The molecular weight excluding hydrogens is 877 g/mol. The van der Waals surface area contributed by atoms with Crippen molar-refractivity contribution in [3.05, 3.63) is 58.7 Å². The van der Waals surface area contributed by atoms with Gasteiger partial charge in [0, 0.05) is 0 Å². The summed E-state index contributed by atoms with van der Waals surface area (Å²) in [7, 11) is 0. The molecule has 0 saturated heterocycles. The minimum absolute atomic E-state index is 0.344. The zero-order chi connectivity index (χ0) is 60.2. The van der Waals surface area contributed by atoms with E-state index in [-0.39, 0.29) is 0 Å². The van der Waals surface area contributed by atoms with Crippen LogP contribution < -0.4 is 0 Å². The van der Waals surface area contributed by atoms with Gasteiger partial charge in [0.1, 0.15) is 0 Å². The Morgan fingerprint density at radius 2 is 0.630 bits per heavy atom. The lowest BCUT2D eigenvalue weighted by molar-refractivity contribution is 0.182. The average Bonchev–Trinajstić information content (AvgIpc) is 2.95. The Morgan fingerprint density at radius 3 is 0.863 bits per heavy atom. The Labute approximate surface area is 468 Å². The highest BCUT2D eigenvalue weighted by atomic mass is 14.4. The summed E-state index contributed by atoms with van der Waals surface area (Å²) in [6, 6.07) is 0. The highest BCUT2D eigenvalue weighted by Gasteiger charge is 2.32. The number of hydrogen-bond donors (Lipinski definition) is 0. The first kappa shape index (κ1) is 80.6. The van der Waals surface area contributed by atoms with Crippen LogP contribution in [0.15, 0.2) is 58.7 Å². The van der Waals surface area contributed by atoms with Crippen molar-refractivity contribution < 1.29 is 0 Å². The van der Waals surface area contributed by atoms with E-state index in [1.165, 1.54) is 79.2 Å². The van der Waals surface area contributed by atoms with Gasteiger partial charge in [0.2, 0.25) is 0 Å². The average molecular weight is 1020 g/mol. The molecule has 0 aliphatic rings. The lowest BCUT2D eigenvalue weighted by Gasteiger charge is -2.36. The predicted molar refractivity (Wildman–Crippen MR) is 346 cm³/mol. The summed E-state index contributed by atoms with van der Waals surface area (Å²) in [6.07, 6.45) is 18.1. The Balaban J connectivity index is -0.000000268. The molecule has 0 aliphatic heterocycles. The van der Waals surface area contributed by atoms with Crippen LogP contribution >= 0.6 is 0 Å². The maximum absolute atomic E-state index is 4.39. The molecule has 0 saturated carbocycles. The van der Waals surface area contributed by atoms with Crippen LogP contribution in [0.5, 0.6) is 0 Å². The summed E-state index contributed by atoms with van der Waals surface area (Å²) in [5.41, 5.74) is 13.6. The smallest absolute Gasteiger partial charge is 0.0167 e. The second-order valence-electron chi connectivity index (χ2n) is 36.8. The van der Waals surface area contributed by atoms with Crippen molar-refractivity contribution in [3.63, 3.8) is 0 Å². The minimum Gasteiger partial charge on any atom is -0.100 e. The van der Waals surface area contributed by atoms with Crippen LogP contribution in [0.2, 0.25) is 0 Å². The summed E-state index contributed by atoms with van der Waals surface area (Å²) in [5, 5.41) is 0. The zero-order valence-electron chi connectivity index (χ0n) is 58.9. The highest BCUT2D eigenvalue weighted by Crippen LogP contribution is 2.44. The van der Waals surface area contributed by atoms with E-state index in [1.54, 1.807) is 5.57 Å². The second-order valence-corrected chi connectivity index (χ2v) is 36.8. The normalized spacial score (nSPS) is 14.2. The summed E-state index contributed by atoms with van der Waals surface area (Å²) >= 11 is 0. The third kappa shape index (κ3) is 59.8. The van der Waals surface area contributed by atoms with E-state index in [4.69, 9.17) is 0 Å². The molecule has 0 fully saturated rings. The molecule has 0 heterocycles. The van der Waals surface area contributed by atoms with Gasteiger partial charge < -0.3 is 0 Å². The van der Waals surface area contributed by atoms with E-state index in [2.05, 4.69) is 295 Å². The third-order valence-electron chi connectivity index (χ3n) is 12.6.